The highest BCUT2D eigenvalue weighted by Crippen LogP contribution is 2.25. The number of amides is 1. The summed E-state index contributed by atoms with van der Waals surface area (Å²) in [5, 5.41) is 5.63. The lowest BCUT2D eigenvalue weighted by Gasteiger charge is -2.21. The lowest BCUT2D eigenvalue weighted by atomic mass is 9.99. The molecule has 1 heterocycles. The second kappa shape index (κ2) is 9.33. The molecule has 0 saturated carbocycles. The fourth-order valence-corrected chi connectivity index (χ4v) is 3.14. The molecule has 2 atom stereocenters. The number of methoxy groups -OCH3 is 1. The average molecular weight is 376 g/mol. The molecule has 2 aromatic rings. The number of hydrogen-bond acceptors (Lipinski definition) is 6. The van der Waals surface area contributed by atoms with Crippen LogP contribution in [0.2, 0.25) is 0 Å². The van der Waals surface area contributed by atoms with E-state index in [1.165, 1.54) is 7.11 Å². The summed E-state index contributed by atoms with van der Waals surface area (Å²) in [6.45, 7) is 5.63. The van der Waals surface area contributed by atoms with Gasteiger partial charge in [-0.25, -0.2) is 9.78 Å². The third-order valence-corrected chi connectivity index (χ3v) is 5.08. The van der Waals surface area contributed by atoms with Crippen molar-refractivity contribution in [1.82, 2.24) is 10.3 Å². The number of nitrogens with one attached hydrogen (secondary N) is 1. The van der Waals surface area contributed by atoms with Gasteiger partial charge in [0.05, 0.1) is 7.11 Å². The Labute approximate surface area is 157 Å². The summed E-state index contributed by atoms with van der Waals surface area (Å²) in [5.41, 5.74) is 1.99. The topological polar surface area (TPSA) is 77.5 Å². The van der Waals surface area contributed by atoms with Crippen LogP contribution in [0.4, 0.5) is 0 Å². The molecule has 0 saturated heterocycles. The summed E-state index contributed by atoms with van der Waals surface area (Å²) in [6, 6.07) is 6.73. The Hall–Kier alpha value is -2.41. The average Bonchev–Trinajstić information content (AvgIpc) is 3.10. The third-order valence-electron chi connectivity index (χ3n) is 4.07. The van der Waals surface area contributed by atoms with E-state index >= 15 is 0 Å². The molecule has 0 radical (unpaired) electrons. The van der Waals surface area contributed by atoms with Gasteiger partial charge in [-0.05, 0) is 37.1 Å². The molecule has 140 valence electrons. The summed E-state index contributed by atoms with van der Waals surface area (Å²) in [5.74, 6) is -0.251. The van der Waals surface area contributed by atoms with Crippen LogP contribution in [0.15, 0.2) is 29.6 Å². The van der Waals surface area contributed by atoms with Gasteiger partial charge in [0.25, 0.3) is 5.91 Å². The molecule has 0 fully saturated rings. The van der Waals surface area contributed by atoms with Crippen LogP contribution in [0, 0.1) is 12.8 Å². The van der Waals surface area contributed by atoms with Crippen LogP contribution >= 0.6 is 11.3 Å². The van der Waals surface area contributed by atoms with Gasteiger partial charge in [-0.1, -0.05) is 20.3 Å². The number of carbonyl (C=O) groups is 2. The number of esters is 1. The van der Waals surface area contributed by atoms with Crippen molar-refractivity contribution in [3.05, 3.63) is 35.3 Å². The zero-order valence-electron chi connectivity index (χ0n) is 15.4. The second-order valence-electron chi connectivity index (χ2n) is 6.06. The summed E-state index contributed by atoms with van der Waals surface area (Å²) < 4.78 is 10.3. The van der Waals surface area contributed by atoms with Crippen LogP contribution in [-0.2, 0) is 14.3 Å². The lowest BCUT2D eigenvalue weighted by molar-refractivity contribution is -0.146. The van der Waals surface area contributed by atoms with Crippen LogP contribution in [-0.4, -0.2) is 36.6 Å². The smallest absolute Gasteiger partial charge is 0.328 e. The highest BCUT2D eigenvalue weighted by Gasteiger charge is 2.26. The molecule has 1 amide bonds. The number of aromatic nitrogens is 1. The molecular formula is C19H24N2O4S. The Morgan fingerprint density at radius 1 is 1.27 bits per heavy atom. The number of rotatable bonds is 8. The van der Waals surface area contributed by atoms with Crippen molar-refractivity contribution >= 4 is 23.2 Å². The van der Waals surface area contributed by atoms with Crippen LogP contribution in [0.3, 0.4) is 0 Å². The van der Waals surface area contributed by atoms with Gasteiger partial charge in [-0.2, -0.15) is 0 Å². The Balaban J connectivity index is 1.91. The molecule has 7 heteroatoms. The summed E-state index contributed by atoms with van der Waals surface area (Å²) >= 11 is 1.58. The maximum atomic E-state index is 12.1. The van der Waals surface area contributed by atoms with Crippen LogP contribution in [0.5, 0.6) is 5.75 Å². The number of thiazole rings is 1. The zero-order valence-corrected chi connectivity index (χ0v) is 16.3. The van der Waals surface area contributed by atoms with Crippen molar-refractivity contribution in [3.8, 4) is 16.3 Å². The van der Waals surface area contributed by atoms with Gasteiger partial charge in [-0.3, -0.25) is 4.79 Å². The third kappa shape index (κ3) is 5.29. The molecule has 0 aliphatic carbocycles. The fraction of sp³-hybridized carbons (Fsp3) is 0.421. The first-order valence-electron chi connectivity index (χ1n) is 8.47. The minimum atomic E-state index is -0.670. The van der Waals surface area contributed by atoms with Crippen molar-refractivity contribution < 1.29 is 19.1 Å². The predicted octanol–water partition coefficient (Wildman–Crippen LogP) is 3.20. The fourth-order valence-electron chi connectivity index (χ4n) is 2.34. The number of aryl methyl sites for hydroxylation is 1. The first kappa shape index (κ1) is 19.9. The molecule has 1 aromatic heterocycles. The van der Waals surface area contributed by atoms with Crippen LogP contribution in [0.25, 0.3) is 10.6 Å². The van der Waals surface area contributed by atoms with Gasteiger partial charge in [0.1, 0.15) is 16.8 Å². The maximum Gasteiger partial charge on any atom is 0.328 e. The zero-order chi connectivity index (χ0) is 19.1. The molecule has 2 rings (SSSR count). The monoisotopic (exact) mass is 376 g/mol. The molecule has 0 unspecified atom stereocenters. The molecular weight excluding hydrogens is 352 g/mol. The molecule has 0 bridgehead atoms. The van der Waals surface area contributed by atoms with E-state index in [4.69, 9.17) is 9.47 Å². The van der Waals surface area contributed by atoms with Gasteiger partial charge in [0.2, 0.25) is 0 Å². The quantitative estimate of drug-likeness (QED) is 0.716. The molecule has 0 spiro atoms. The normalized spacial score (nSPS) is 12.9. The van der Waals surface area contributed by atoms with Crippen LogP contribution < -0.4 is 10.1 Å². The van der Waals surface area contributed by atoms with Gasteiger partial charge in [0.15, 0.2) is 6.61 Å². The van der Waals surface area contributed by atoms with E-state index < -0.39 is 12.0 Å². The van der Waals surface area contributed by atoms with E-state index in [1.54, 1.807) is 23.5 Å². The predicted molar refractivity (Wildman–Crippen MR) is 101 cm³/mol. The van der Waals surface area contributed by atoms with Crippen molar-refractivity contribution in [1.29, 1.82) is 0 Å². The highest BCUT2D eigenvalue weighted by molar-refractivity contribution is 7.13. The summed E-state index contributed by atoms with van der Waals surface area (Å²) in [6.07, 6.45) is 0.749. The molecule has 6 nitrogen and oxygen atoms in total. The van der Waals surface area contributed by atoms with Gasteiger partial charge >= 0.3 is 5.97 Å². The van der Waals surface area contributed by atoms with Crippen LogP contribution in [0.1, 0.15) is 26.0 Å². The maximum absolute atomic E-state index is 12.1. The van der Waals surface area contributed by atoms with E-state index in [0.29, 0.717) is 5.75 Å². The number of carbonyl (C=O) groups excluding carboxylic acids is 2. The standard InChI is InChI=1S/C19H24N2O4S/c1-5-12(2)17(19(23)24-4)21-16(22)10-25-15-8-6-14(7-9-15)18-20-13(3)11-26-18/h6-9,11-12,17H,5,10H2,1-4H3,(H,21,22)/t12-,17-/m0/s1. The Kier molecular flexibility index (Phi) is 7.15. The summed E-state index contributed by atoms with van der Waals surface area (Å²) in [7, 11) is 1.31. The van der Waals surface area contributed by atoms with Gasteiger partial charge < -0.3 is 14.8 Å². The largest absolute Gasteiger partial charge is 0.484 e. The Morgan fingerprint density at radius 3 is 2.50 bits per heavy atom. The number of nitrogens with zero attached hydrogens (tertiary/aromatic N) is 1. The molecule has 0 aliphatic rings. The first-order valence-corrected chi connectivity index (χ1v) is 9.35. The van der Waals surface area contributed by atoms with Gasteiger partial charge in [0, 0.05) is 16.6 Å². The van der Waals surface area contributed by atoms with E-state index in [9.17, 15) is 9.59 Å². The Bertz CT molecular complexity index is 742. The molecule has 26 heavy (non-hydrogen) atoms. The number of hydrogen-bond donors (Lipinski definition) is 1. The van der Waals surface area contributed by atoms with Gasteiger partial charge in [-0.15, -0.1) is 11.3 Å². The van der Waals surface area contributed by atoms with Crippen molar-refractivity contribution in [3.63, 3.8) is 0 Å². The Morgan fingerprint density at radius 2 is 1.96 bits per heavy atom. The number of benzene rings is 1. The molecule has 1 aromatic carbocycles. The minimum absolute atomic E-state index is 0.0209. The highest BCUT2D eigenvalue weighted by atomic mass is 32.1. The molecule has 1 N–H and O–H groups in total. The second-order valence-corrected chi connectivity index (χ2v) is 6.92. The van der Waals surface area contributed by atoms with Crippen molar-refractivity contribution in [2.24, 2.45) is 5.92 Å². The van der Waals surface area contributed by atoms with Crippen molar-refractivity contribution in [2.75, 3.05) is 13.7 Å². The van der Waals surface area contributed by atoms with E-state index in [-0.39, 0.29) is 18.4 Å². The van der Waals surface area contributed by atoms with E-state index in [2.05, 4.69) is 10.3 Å². The number of ether oxygens (including phenoxy) is 2. The summed E-state index contributed by atoms with van der Waals surface area (Å²) in [4.78, 5) is 28.4. The van der Waals surface area contributed by atoms with Crippen molar-refractivity contribution in [2.45, 2.75) is 33.2 Å². The van der Waals surface area contributed by atoms with E-state index in [0.717, 1.165) is 22.7 Å². The minimum Gasteiger partial charge on any atom is -0.484 e. The van der Waals surface area contributed by atoms with E-state index in [1.807, 2.05) is 38.3 Å². The lowest BCUT2D eigenvalue weighted by Crippen LogP contribution is -2.47. The SMILES string of the molecule is CC[C@H](C)[C@H](NC(=O)COc1ccc(-c2nc(C)cs2)cc1)C(=O)OC. The molecule has 0 aliphatic heterocycles. The first-order chi connectivity index (χ1) is 12.4.